The van der Waals surface area contributed by atoms with Crippen LogP contribution < -0.4 is 14.2 Å². The highest BCUT2D eigenvalue weighted by Crippen LogP contribution is 2.38. The van der Waals surface area contributed by atoms with E-state index >= 15 is 0 Å². The first-order chi connectivity index (χ1) is 13.3. The Kier molecular flexibility index (Phi) is 13.9. The molecule has 0 heterocycles. The van der Waals surface area contributed by atoms with Gasteiger partial charge in [-0.1, -0.05) is 13.3 Å². The summed E-state index contributed by atoms with van der Waals surface area (Å²) < 4.78 is 21.7. The number of benzene rings is 1. The van der Waals surface area contributed by atoms with E-state index in [1.807, 2.05) is 45.0 Å². The van der Waals surface area contributed by atoms with E-state index in [-0.39, 0.29) is 0 Å². The van der Waals surface area contributed by atoms with E-state index in [1.165, 1.54) is 7.11 Å². The summed E-state index contributed by atoms with van der Waals surface area (Å²) in [6.07, 6.45) is 2.73. The van der Waals surface area contributed by atoms with Crippen LogP contribution in [0.5, 0.6) is 17.2 Å². The van der Waals surface area contributed by atoms with Crippen molar-refractivity contribution in [3.8, 4) is 17.2 Å². The Hall–Kier alpha value is -1.99. The molecule has 1 aromatic carbocycles. The number of hydrogen-bond acceptors (Lipinski definition) is 7. The van der Waals surface area contributed by atoms with Crippen LogP contribution in [0.3, 0.4) is 0 Å². The third kappa shape index (κ3) is 11.0. The fraction of sp³-hybridized carbons (Fsp3) is 0.667. The lowest BCUT2D eigenvalue weighted by Gasteiger charge is -2.15. The second kappa shape index (κ2) is 15.0. The van der Waals surface area contributed by atoms with Crippen molar-refractivity contribution in [1.29, 1.82) is 0 Å². The average Bonchev–Trinajstić information content (AvgIpc) is 2.63. The van der Waals surface area contributed by atoms with E-state index in [0.717, 1.165) is 25.8 Å². The molecule has 0 N–H and O–H groups in total. The summed E-state index contributed by atoms with van der Waals surface area (Å²) in [5.41, 5.74) is 0.393. The Morgan fingerprint density at radius 1 is 0.929 bits per heavy atom. The van der Waals surface area contributed by atoms with Crippen molar-refractivity contribution in [3.05, 3.63) is 17.7 Å². The molecule has 1 aromatic rings. The summed E-state index contributed by atoms with van der Waals surface area (Å²) in [5, 5.41) is 0. The standard InChI is InChI=1S/C18H29NO5.C3H9N/c1-6-7-10-23-16-13-14(12-15(21-4)17(16)22-5)18(20)24-11-8-9-19(2)3;1-4(2)3/h12-13H,6-11H2,1-5H3;1-3H3. The van der Waals surface area contributed by atoms with Crippen LogP contribution in [0.15, 0.2) is 12.1 Å². The molecule has 0 radical (unpaired) electrons. The highest BCUT2D eigenvalue weighted by atomic mass is 16.5. The molecule has 7 heteroatoms. The Bertz CT molecular complexity index is 559. The number of unbranched alkanes of at least 4 members (excludes halogenated alkanes) is 1. The first-order valence-corrected chi connectivity index (χ1v) is 9.58. The van der Waals surface area contributed by atoms with Crippen LogP contribution in [0.25, 0.3) is 0 Å². The SMILES string of the molecule is CCCCOc1cc(C(=O)OCCCN(C)C)cc(OC)c1OC.CN(C)C. The Balaban J connectivity index is 0.00000165. The first-order valence-electron chi connectivity index (χ1n) is 9.58. The number of ether oxygens (including phenoxy) is 4. The van der Waals surface area contributed by atoms with Gasteiger partial charge in [0.25, 0.3) is 0 Å². The molecule has 0 aliphatic carbocycles. The van der Waals surface area contributed by atoms with Gasteiger partial charge in [0, 0.05) is 6.54 Å². The summed E-state index contributed by atoms with van der Waals surface area (Å²) in [6.45, 7) is 3.88. The van der Waals surface area contributed by atoms with Crippen LogP contribution in [0, 0.1) is 0 Å². The molecule has 0 saturated carbocycles. The molecular weight excluding hydrogens is 360 g/mol. The highest BCUT2D eigenvalue weighted by molar-refractivity contribution is 5.91. The molecule has 0 fully saturated rings. The number of carbonyl (C=O) groups is 1. The van der Waals surface area contributed by atoms with Crippen molar-refractivity contribution in [2.75, 3.05) is 69.2 Å². The van der Waals surface area contributed by atoms with Gasteiger partial charge < -0.3 is 28.7 Å². The maximum absolute atomic E-state index is 12.3. The lowest BCUT2D eigenvalue weighted by molar-refractivity contribution is 0.0492. The topological polar surface area (TPSA) is 60.5 Å². The number of methoxy groups -OCH3 is 2. The van der Waals surface area contributed by atoms with Gasteiger partial charge in [-0.25, -0.2) is 4.79 Å². The first kappa shape index (κ1) is 26.0. The van der Waals surface area contributed by atoms with Crippen molar-refractivity contribution in [2.24, 2.45) is 0 Å². The van der Waals surface area contributed by atoms with E-state index in [1.54, 1.807) is 19.2 Å². The fourth-order valence-corrected chi connectivity index (χ4v) is 2.11. The monoisotopic (exact) mass is 398 g/mol. The highest BCUT2D eigenvalue weighted by Gasteiger charge is 2.18. The molecule has 162 valence electrons. The molecular formula is C21H38N2O5. The lowest BCUT2D eigenvalue weighted by atomic mass is 10.2. The molecule has 28 heavy (non-hydrogen) atoms. The summed E-state index contributed by atoms with van der Waals surface area (Å²) in [6, 6.07) is 3.26. The van der Waals surface area contributed by atoms with Gasteiger partial charge in [0.15, 0.2) is 11.5 Å². The Morgan fingerprint density at radius 2 is 1.54 bits per heavy atom. The van der Waals surface area contributed by atoms with Gasteiger partial charge in [0.1, 0.15) is 0 Å². The average molecular weight is 399 g/mol. The summed E-state index contributed by atoms with van der Waals surface area (Å²) in [4.78, 5) is 16.3. The molecule has 1 rings (SSSR count). The van der Waals surface area contributed by atoms with Gasteiger partial charge in [0.2, 0.25) is 5.75 Å². The molecule has 0 aliphatic rings. The number of carbonyl (C=O) groups excluding carboxylic acids is 1. The summed E-state index contributed by atoms with van der Waals surface area (Å²) in [7, 11) is 13.0. The van der Waals surface area contributed by atoms with Gasteiger partial charge in [-0.15, -0.1) is 0 Å². The third-order valence-electron chi connectivity index (χ3n) is 3.42. The van der Waals surface area contributed by atoms with Gasteiger partial charge in [-0.05, 0) is 60.2 Å². The van der Waals surface area contributed by atoms with Crippen molar-refractivity contribution in [3.63, 3.8) is 0 Å². The van der Waals surface area contributed by atoms with Crippen LogP contribution in [-0.2, 0) is 4.74 Å². The molecule has 0 atom stereocenters. The maximum atomic E-state index is 12.3. The van der Waals surface area contributed by atoms with Crippen LogP contribution in [0.1, 0.15) is 36.5 Å². The van der Waals surface area contributed by atoms with E-state index in [0.29, 0.717) is 36.0 Å². The van der Waals surface area contributed by atoms with Crippen LogP contribution in [0.4, 0.5) is 0 Å². The predicted octanol–water partition coefficient (Wildman–Crippen LogP) is 3.17. The minimum Gasteiger partial charge on any atom is -0.493 e. The molecule has 0 aliphatic heterocycles. The van der Waals surface area contributed by atoms with E-state index in [2.05, 4.69) is 6.92 Å². The van der Waals surface area contributed by atoms with E-state index < -0.39 is 5.97 Å². The lowest BCUT2D eigenvalue weighted by Crippen LogP contribution is -2.16. The Labute approximate surface area is 170 Å². The van der Waals surface area contributed by atoms with Crippen molar-refractivity contribution in [1.82, 2.24) is 9.80 Å². The van der Waals surface area contributed by atoms with Crippen LogP contribution in [-0.4, -0.2) is 85.0 Å². The number of esters is 1. The largest absolute Gasteiger partial charge is 0.493 e. The van der Waals surface area contributed by atoms with Crippen LogP contribution in [0.2, 0.25) is 0 Å². The second-order valence-electron chi connectivity index (χ2n) is 7.05. The van der Waals surface area contributed by atoms with Gasteiger partial charge in [-0.3, -0.25) is 0 Å². The summed E-state index contributed by atoms with van der Waals surface area (Å²) in [5.74, 6) is 1.03. The number of rotatable bonds is 11. The van der Waals surface area contributed by atoms with Gasteiger partial charge >= 0.3 is 5.97 Å². The number of hydrogen-bond donors (Lipinski definition) is 0. The molecule has 0 aromatic heterocycles. The van der Waals surface area contributed by atoms with Crippen molar-refractivity contribution in [2.45, 2.75) is 26.2 Å². The van der Waals surface area contributed by atoms with Crippen molar-refractivity contribution >= 4 is 5.97 Å². The molecule has 7 nitrogen and oxygen atoms in total. The fourth-order valence-electron chi connectivity index (χ4n) is 2.11. The van der Waals surface area contributed by atoms with Crippen molar-refractivity contribution < 1.29 is 23.7 Å². The van der Waals surface area contributed by atoms with Crippen LogP contribution >= 0.6 is 0 Å². The Morgan fingerprint density at radius 3 is 2.04 bits per heavy atom. The molecule has 0 bridgehead atoms. The molecule has 0 saturated heterocycles. The predicted molar refractivity (Wildman–Crippen MR) is 113 cm³/mol. The summed E-state index contributed by atoms with van der Waals surface area (Å²) >= 11 is 0. The minimum atomic E-state index is -0.393. The van der Waals surface area contributed by atoms with Gasteiger partial charge in [-0.2, -0.15) is 0 Å². The van der Waals surface area contributed by atoms with E-state index in [4.69, 9.17) is 18.9 Å². The zero-order valence-corrected chi connectivity index (χ0v) is 18.8. The second-order valence-corrected chi connectivity index (χ2v) is 7.05. The smallest absolute Gasteiger partial charge is 0.338 e. The molecule has 0 unspecified atom stereocenters. The number of nitrogens with zero attached hydrogens (tertiary/aromatic N) is 2. The third-order valence-corrected chi connectivity index (χ3v) is 3.42. The quantitative estimate of drug-likeness (QED) is 0.419. The zero-order valence-electron chi connectivity index (χ0n) is 18.8. The molecule has 0 amide bonds. The van der Waals surface area contributed by atoms with Gasteiger partial charge in [0.05, 0.1) is 33.0 Å². The normalized spacial score (nSPS) is 10.4. The minimum absolute atomic E-state index is 0.372. The van der Waals surface area contributed by atoms with E-state index in [9.17, 15) is 4.79 Å². The molecule has 0 spiro atoms. The maximum Gasteiger partial charge on any atom is 0.338 e. The zero-order chi connectivity index (χ0) is 21.5.